The van der Waals surface area contributed by atoms with Crippen molar-refractivity contribution in [1.82, 2.24) is 0 Å². The van der Waals surface area contributed by atoms with E-state index in [0.717, 1.165) is 34.4 Å². The predicted octanol–water partition coefficient (Wildman–Crippen LogP) is 5.72. The highest BCUT2D eigenvalue weighted by molar-refractivity contribution is 7.92. The molecule has 180 valence electrons. The summed E-state index contributed by atoms with van der Waals surface area (Å²) >= 11 is 0. The van der Waals surface area contributed by atoms with Gasteiger partial charge in [0.25, 0.3) is 10.0 Å². The number of benzene rings is 3. The molecule has 3 atom stereocenters. The number of rotatable bonds is 5. The maximum absolute atomic E-state index is 13.2. The molecular formula is C28H28N2O4S. The van der Waals surface area contributed by atoms with E-state index in [4.69, 9.17) is 4.74 Å². The van der Waals surface area contributed by atoms with Crippen molar-refractivity contribution in [3.63, 3.8) is 0 Å². The van der Waals surface area contributed by atoms with E-state index in [1.54, 1.807) is 24.3 Å². The number of hydrogen-bond donors (Lipinski definition) is 2. The second-order valence-electron chi connectivity index (χ2n) is 9.32. The molecular weight excluding hydrogens is 460 g/mol. The molecule has 3 aromatic carbocycles. The maximum Gasteiger partial charge on any atom is 0.337 e. The Bertz CT molecular complexity index is 1410. The Labute approximate surface area is 206 Å². The number of aryl methyl sites for hydroxylation is 2. The van der Waals surface area contributed by atoms with E-state index in [-0.39, 0.29) is 28.7 Å². The molecule has 2 N–H and O–H groups in total. The first-order chi connectivity index (χ1) is 16.7. The Morgan fingerprint density at radius 2 is 1.71 bits per heavy atom. The minimum atomic E-state index is -3.74. The van der Waals surface area contributed by atoms with Crippen molar-refractivity contribution in [3.05, 3.63) is 101 Å². The molecule has 6 nitrogen and oxygen atoms in total. The average Bonchev–Trinajstić information content (AvgIpc) is 3.32. The van der Waals surface area contributed by atoms with Gasteiger partial charge >= 0.3 is 5.97 Å². The zero-order valence-electron chi connectivity index (χ0n) is 19.9. The standard InChI is InChI=1S/C28H28N2O4S/c1-17-13-18(2)15-21(14-17)30-35(32,33)22-11-12-26-25(16-22)23-5-4-6-24(23)27(29-26)19-7-9-20(10-8-19)28(31)34-3/h4-5,7-16,23-24,27,29-30H,6H2,1-3H3/t23-,24+,27+/m0/s1. The van der Waals surface area contributed by atoms with E-state index in [1.165, 1.54) is 7.11 Å². The number of methoxy groups -OCH3 is 1. The molecule has 1 heterocycles. The Morgan fingerprint density at radius 1 is 1.00 bits per heavy atom. The minimum Gasteiger partial charge on any atom is -0.465 e. The van der Waals surface area contributed by atoms with Crippen LogP contribution in [0.3, 0.4) is 0 Å². The van der Waals surface area contributed by atoms with Crippen molar-refractivity contribution >= 4 is 27.4 Å². The smallest absolute Gasteiger partial charge is 0.337 e. The number of sulfonamides is 1. The highest BCUT2D eigenvalue weighted by atomic mass is 32.2. The fourth-order valence-electron chi connectivity index (χ4n) is 5.26. The summed E-state index contributed by atoms with van der Waals surface area (Å²) in [6.45, 7) is 3.89. The fourth-order valence-corrected chi connectivity index (χ4v) is 6.34. The lowest BCUT2D eigenvalue weighted by Crippen LogP contribution is -2.29. The molecule has 2 aliphatic rings. The number of ether oxygens (including phenoxy) is 1. The highest BCUT2D eigenvalue weighted by Crippen LogP contribution is 2.50. The fraction of sp³-hybridized carbons (Fsp3) is 0.250. The van der Waals surface area contributed by atoms with Gasteiger partial charge < -0.3 is 10.1 Å². The summed E-state index contributed by atoms with van der Waals surface area (Å²) in [4.78, 5) is 12.1. The molecule has 35 heavy (non-hydrogen) atoms. The molecule has 1 aliphatic carbocycles. The second-order valence-corrected chi connectivity index (χ2v) is 11.0. The van der Waals surface area contributed by atoms with Gasteiger partial charge in [0.05, 0.1) is 23.6 Å². The first kappa shape index (κ1) is 23.2. The molecule has 0 aromatic heterocycles. The van der Waals surface area contributed by atoms with Crippen LogP contribution in [0.5, 0.6) is 0 Å². The molecule has 0 amide bonds. The van der Waals surface area contributed by atoms with Gasteiger partial charge in [-0.05, 0) is 90.9 Å². The van der Waals surface area contributed by atoms with E-state index in [2.05, 4.69) is 22.2 Å². The summed E-state index contributed by atoms with van der Waals surface area (Å²) in [6, 6.07) is 18.5. The van der Waals surface area contributed by atoms with Gasteiger partial charge in [-0.2, -0.15) is 0 Å². The monoisotopic (exact) mass is 488 g/mol. The van der Waals surface area contributed by atoms with E-state index >= 15 is 0 Å². The van der Waals surface area contributed by atoms with Crippen molar-refractivity contribution in [1.29, 1.82) is 0 Å². The number of carbonyl (C=O) groups is 1. The van der Waals surface area contributed by atoms with E-state index < -0.39 is 10.0 Å². The van der Waals surface area contributed by atoms with Gasteiger partial charge in [-0.1, -0.05) is 30.4 Å². The zero-order chi connectivity index (χ0) is 24.7. The van der Waals surface area contributed by atoms with Gasteiger partial charge in [-0.25, -0.2) is 13.2 Å². The lowest BCUT2D eigenvalue weighted by Gasteiger charge is -2.37. The van der Waals surface area contributed by atoms with Gasteiger partial charge in [0, 0.05) is 17.3 Å². The molecule has 0 saturated heterocycles. The maximum atomic E-state index is 13.2. The van der Waals surface area contributed by atoms with Crippen LogP contribution in [0, 0.1) is 19.8 Å². The van der Waals surface area contributed by atoms with Crippen LogP contribution in [-0.4, -0.2) is 21.5 Å². The van der Waals surface area contributed by atoms with Crippen molar-refractivity contribution in [2.75, 3.05) is 17.1 Å². The molecule has 0 spiro atoms. The molecule has 0 radical (unpaired) electrons. The van der Waals surface area contributed by atoms with E-state index in [0.29, 0.717) is 11.3 Å². The first-order valence-corrected chi connectivity index (χ1v) is 13.1. The normalized spacial score (nSPS) is 20.5. The third-order valence-corrected chi connectivity index (χ3v) is 8.19. The van der Waals surface area contributed by atoms with Crippen LogP contribution in [0.2, 0.25) is 0 Å². The molecule has 7 heteroatoms. The minimum absolute atomic E-state index is 0.0463. The van der Waals surface area contributed by atoms with E-state index in [9.17, 15) is 13.2 Å². The molecule has 1 aliphatic heterocycles. The summed E-state index contributed by atoms with van der Waals surface area (Å²) in [5.74, 6) is -0.00760. The van der Waals surface area contributed by atoms with Gasteiger partial charge in [-0.15, -0.1) is 0 Å². The van der Waals surface area contributed by atoms with Gasteiger partial charge in [-0.3, -0.25) is 4.72 Å². The second kappa shape index (κ2) is 8.89. The summed E-state index contributed by atoms with van der Waals surface area (Å²) in [5, 5.41) is 3.62. The van der Waals surface area contributed by atoms with Crippen LogP contribution >= 0.6 is 0 Å². The first-order valence-electron chi connectivity index (χ1n) is 11.6. The van der Waals surface area contributed by atoms with Crippen LogP contribution in [-0.2, 0) is 14.8 Å². The number of anilines is 2. The third kappa shape index (κ3) is 4.44. The Kier molecular flexibility index (Phi) is 5.89. The highest BCUT2D eigenvalue weighted by Gasteiger charge is 2.38. The number of hydrogen-bond acceptors (Lipinski definition) is 5. The largest absolute Gasteiger partial charge is 0.465 e. The van der Waals surface area contributed by atoms with Crippen LogP contribution in [0.4, 0.5) is 11.4 Å². The molecule has 3 aromatic rings. The summed E-state index contributed by atoms with van der Waals surface area (Å²) in [7, 11) is -2.36. The van der Waals surface area contributed by atoms with Gasteiger partial charge in [0.15, 0.2) is 0 Å². The predicted molar refractivity (Wildman–Crippen MR) is 137 cm³/mol. The van der Waals surface area contributed by atoms with Crippen LogP contribution in [0.25, 0.3) is 0 Å². The van der Waals surface area contributed by atoms with Crippen molar-refractivity contribution < 1.29 is 17.9 Å². The van der Waals surface area contributed by atoms with Crippen molar-refractivity contribution in [2.24, 2.45) is 5.92 Å². The summed E-state index contributed by atoms with van der Waals surface area (Å²) < 4.78 is 34.0. The molecule has 0 bridgehead atoms. The van der Waals surface area contributed by atoms with Crippen LogP contribution < -0.4 is 10.0 Å². The summed E-state index contributed by atoms with van der Waals surface area (Å²) in [5.41, 5.74) is 6.06. The zero-order valence-corrected chi connectivity index (χ0v) is 20.7. The summed E-state index contributed by atoms with van der Waals surface area (Å²) in [6.07, 6.45) is 5.23. The SMILES string of the molecule is COC(=O)c1ccc([C@H]2Nc3ccc(S(=O)(=O)Nc4cc(C)cc(C)c4)cc3[C@H]3C=CC[C@H]32)cc1. The number of nitrogens with one attached hydrogen (secondary N) is 2. The number of carbonyl (C=O) groups excluding carboxylic acids is 1. The Hall–Kier alpha value is -3.58. The van der Waals surface area contributed by atoms with Crippen molar-refractivity contribution in [3.8, 4) is 0 Å². The Balaban J connectivity index is 1.45. The van der Waals surface area contributed by atoms with Crippen LogP contribution in [0.1, 0.15) is 51.0 Å². The number of allylic oxidation sites excluding steroid dienone is 2. The van der Waals surface area contributed by atoms with Crippen molar-refractivity contribution in [2.45, 2.75) is 37.1 Å². The Morgan fingerprint density at radius 3 is 2.40 bits per heavy atom. The molecule has 5 rings (SSSR count). The number of esters is 1. The third-order valence-electron chi connectivity index (χ3n) is 6.81. The van der Waals surface area contributed by atoms with Gasteiger partial charge in [0.2, 0.25) is 0 Å². The topological polar surface area (TPSA) is 84.5 Å². The number of fused-ring (bicyclic) bond motifs is 3. The van der Waals surface area contributed by atoms with E-state index in [1.807, 2.05) is 50.2 Å². The molecule has 0 unspecified atom stereocenters. The molecule has 0 saturated carbocycles. The van der Waals surface area contributed by atoms with Crippen LogP contribution in [0.15, 0.2) is 77.7 Å². The quantitative estimate of drug-likeness (QED) is 0.355. The molecule has 0 fully saturated rings. The average molecular weight is 489 g/mol. The lowest BCUT2D eigenvalue weighted by atomic mass is 9.77. The lowest BCUT2D eigenvalue weighted by molar-refractivity contribution is 0.0600. The van der Waals surface area contributed by atoms with Gasteiger partial charge in [0.1, 0.15) is 0 Å².